The normalized spacial score (nSPS) is 25.5. The number of rotatable bonds is 4. The van der Waals surface area contributed by atoms with Crippen molar-refractivity contribution in [2.45, 2.75) is 65.1 Å². The average molecular weight is 372 g/mol. The lowest BCUT2D eigenvalue weighted by molar-refractivity contribution is -0.186. The Morgan fingerprint density at radius 2 is 1.90 bits per heavy atom. The van der Waals surface area contributed by atoms with Crippen molar-refractivity contribution in [2.75, 3.05) is 5.33 Å². The fourth-order valence-corrected chi connectivity index (χ4v) is 3.30. The minimum Gasteiger partial charge on any atom is -0.353 e. The lowest BCUT2D eigenvalue weighted by atomic mass is 9.79. The van der Waals surface area contributed by atoms with Gasteiger partial charge in [-0.3, -0.25) is 4.79 Å². The molecule has 1 aliphatic rings. The molecule has 1 rings (SSSR count). The van der Waals surface area contributed by atoms with E-state index < -0.39 is 18.0 Å². The molecule has 6 heteroatoms. The number of alkyl halides is 4. The fourth-order valence-electron chi connectivity index (χ4n) is 2.85. The summed E-state index contributed by atoms with van der Waals surface area (Å²) in [5, 5.41) is 3.72. The van der Waals surface area contributed by atoms with Crippen LogP contribution in [0, 0.1) is 17.3 Å². The Balaban J connectivity index is 2.65. The summed E-state index contributed by atoms with van der Waals surface area (Å²) in [7, 11) is 0. The Kier molecular flexibility index (Phi) is 6.56. The zero-order valence-electron chi connectivity index (χ0n) is 12.9. The molecule has 1 amide bonds. The number of amides is 1. The van der Waals surface area contributed by atoms with Crippen LogP contribution < -0.4 is 5.32 Å². The Morgan fingerprint density at radius 1 is 1.29 bits per heavy atom. The summed E-state index contributed by atoms with van der Waals surface area (Å²) in [5.74, 6) is -2.05. The molecule has 0 aliphatic heterocycles. The first kappa shape index (κ1) is 18.8. The second-order valence-electron chi connectivity index (χ2n) is 7.01. The van der Waals surface area contributed by atoms with Crippen LogP contribution in [-0.4, -0.2) is 23.5 Å². The third-order valence-electron chi connectivity index (χ3n) is 4.27. The molecular formula is C15H25BrF3NO. The van der Waals surface area contributed by atoms with Gasteiger partial charge < -0.3 is 5.32 Å². The summed E-state index contributed by atoms with van der Waals surface area (Å²) in [5.41, 5.74) is -0.110. The van der Waals surface area contributed by atoms with Crippen LogP contribution in [0.2, 0.25) is 0 Å². The van der Waals surface area contributed by atoms with Gasteiger partial charge in [-0.1, -0.05) is 43.1 Å². The third-order valence-corrected chi connectivity index (χ3v) is 4.73. The highest BCUT2D eigenvalue weighted by Gasteiger charge is 2.44. The number of halogens is 4. The average Bonchev–Trinajstić information content (AvgIpc) is 2.36. The van der Waals surface area contributed by atoms with Gasteiger partial charge in [0.05, 0.1) is 5.92 Å². The van der Waals surface area contributed by atoms with Crippen LogP contribution in [0.15, 0.2) is 0 Å². The van der Waals surface area contributed by atoms with Crippen LogP contribution in [-0.2, 0) is 4.79 Å². The first-order valence-corrected chi connectivity index (χ1v) is 8.61. The zero-order chi connectivity index (χ0) is 16.3. The molecule has 124 valence electrons. The first-order chi connectivity index (χ1) is 9.55. The molecule has 1 saturated carbocycles. The third kappa shape index (κ3) is 5.80. The van der Waals surface area contributed by atoms with Crippen molar-refractivity contribution in [1.29, 1.82) is 0 Å². The molecule has 21 heavy (non-hydrogen) atoms. The van der Waals surface area contributed by atoms with E-state index in [1.165, 1.54) is 0 Å². The van der Waals surface area contributed by atoms with Gasteiger partial charge in [-0.15, -0.1) is 0 Å². The maximum absolute atomic E-state index is 12.8. The van der Waals surface area contributed by atoms with Gasteiger partial charge >= 0.3 is 6.18 Å². The van der Waals surface area contributed by atoms with E-state index in [0.29, 0.717) is 12.8 Å². The topological polar surface area (TPSA) is 29.1 Å². The zero-order valence-corrected chi connectivity index (χ0v) is 14.5. The summed E-state index contributed by atoms with van der Waals surface area (Å²) in [6.45, 7) is 6.08. The second kappa shape index (κ2) is 7.34. The monoisotopic (exact) mass is 371 g/mol. The van der Waals surface area contributed by atoms with E-state index >= 15 is 0 Å². The predicted octanol–water partition coefficient (Wildman–Crippen LogP) is 4.67. The summed E-state index contributed by atoms with van der Waals surface area (Å²) >= 11 is 3.36. The molecule has 0 radical (unpaired) electrons. The minimum absolute atomic E-state index is 0.0318. The molecule has 0 aromatic carbocycles. The van der Waals surface area contributed by atoms with Gasteiger partial charge in [-0.25, -0.2) is 0 Å². The maximum Gasteiger partial charge on any atom is 0.391 e. The van der Waals surface area contributed by atoms with E-state index in [4.69, 9.17) is 0 Å². The molecule has 2 nitrogen and oxygen atoms in total. The summed E-state index contributed by atoms with van der Waals surface area (Å²) in [6, 6.07) is -0.0318. The van der Waals surface area contributed by atoms with Crippen molar-refractivity contribution in [3.05, 3.63) is 0 Å². The molecule has 3 atom stereocenters. The minimum atomic E-state index is -4.18. The van der Waals surface area contributed by atoms with Crippen LogP contribution in [0.1, 0.15) is 52.9 Å². The Morgan fingerprint density at radius 3 is 2.38 bits per heavy atom. The van der Waals surface area contributed by atoms with Gasteiger partial charge in [0.15, 0.2) is 0 Å². The van der Waals surface area contributed by atoms with E-state index in [1.54, 1.807) is 0 Å². The van der Waals surface area contributed by atoms with Gasteiger partial charge in [-0.05, 0) is 31.1 Å². The summed E-state index contributed by atoms with van der Waals surface area (Å²) in [4.78, 5) is 12.3. The fraction of sp³-hybridized carbons (Fsp3) is 0.933. The van der Waals surface area contributed by atoms with E-state index in [2.05, 4.69) is 21.2 Å². The Bertz CT molecular complexity index is 352. The molecule has 1 N–H and O–H groups in total. The first-order valence-electron chi connectivity index (χ1n) is 7.48. The van der Waals surface area contributed by atoms with Gasteiger partial charge in [0.2, 0.25) is 5.91 Å². The van der Waals surface area contributed by atoms with Crippen molar-refractivity contribution < 1.29 is 18.0 Å². The van der Waals surface area contributed by atoms with Crippen LogP contribution in [0.4, 0.5) is 13.2 Å². The number of nitrogens with one attached hydrogen (secondary N) is 1. The summed E-state index contributed by atoms with van der Waals surface area (Å²) in [6.07, 6.45) is -2.30. The predicted molar refractivity (Wildman–Crippen MR) is 81.3 cm³/mol. The number of carbonyl (C=O) groups excluding carboxylic acids is 1. The van der Waals surface area contributed by atoms with E-state index in [1.807, 2.05) is 20.8 Å². The second-order valence-corrected chi connectivity index (χ2v) is 7.80. The number of hydrogen-bond donors (Lipinski definition) is 1. The van der Waals surface area contributed by atoms with Crippen LogP contribution in [0.25, 0.3) is 0 Å². The van der Waals surface area contributed by atoms with Crippen molar-refractivity contribution >= 4 is 21.8 Å². The van der Waals surface area contributed by atoms with E-state index in [-0.39, 0.29) is 30.2 Å². The lowest BCUT2D eigenvalue weighted by Crippen LogP contribution is -2.47. The van der Waals surface area contributed by atoms with Crippen molar-refractivity contribution in [3.8, 4) is 0 Å². The Hall–Kier alpha value is -0.260. The quantitative estimate of drug-likeness (QED) is 0.714. The molecule has 0 spiro atoms. The molecule has 0 saturated heterocycles. The Labute approximate surface area is 133 Å². The van der Waals surface area contributed by atoms with Crippen molar-refractivity contribution in [1.82, 2.24) is 5.32 Å². The van der Waals surface area contributed by atoms with Crippen LogP contribution >= 0.6 is 15.9 Å². The van der Waals surface area contributed by atoms with Gasteiger partial charge in [0, 0.05) is 17.3 Å². The molecule has 0 aromatic rings. The van der Waals surface area contributed by atoms with Gasteiger partial charge in [0.1, 0.15) is 0 Å². The maximum atomic E-state index is 12.8. The van der Waals surface area contributed by atoms with Crippen LogP contribution in [0.5, 0.6) is 0 Å². The molecular weight excluding hydrogens is 347 g/mol. The largest absolute Gasteiger partial charge is 0.391 e. The molecule has 0 aromatic heterocycles. The van der Waals surface area contributed by atoms with E-state index in [9.17, 15) is 18.0 Å². The van der Waals surface area contributed by atoms with Crippen LogP contribution in [0.3, 0.4) is 0 Å². The highest BCUT2D eigenvalue weighted by Crippen LogP contribution is 2.40. The lowest BCUT2D eigenvalue weighted by Gasteiger charge is -2.35. The molecule has 1 aliphatic carbocycles. The molecule has 0 heterocycles. The smallest absolute Gasteiger partial charge is 0.353 e. The summed E-state index contributed by atoms with van der Waals surface area (Å²) < 4.78 is 38.4. The number of carbonyl (C=O) groups is 1. The SMILES string of the molecule is CC(C)(C)C(CCBr)NC(=O)C1CCCC(C(F)(F)F)C1. The standard InChI is InChI=1S/C15H25BrF3NO/c1-14(2,3)12(7-8-16)20-13(21)10-5-4-6-11(9-10)15(17,18)19/h10-12H,4-9H2,1-3H3,(H,20,21). The molecule has 1 fully saturated rings. The highest BCUT2D eigenvalue weighted by molar-refractivity contribution is 9.09. The number of hydrogen-bond acceptors (Lipinski definition) is 1. The van der Waals surface area contributed by atoms with Gasteiger partial charge in [0.25, 0.3) is 0 Å². The molecule has 3 unspecified atom stereocenters. The van der Waals surface area contributed by atoms with E-state index in [0.717, 1.165) is 11.8 Å². The van der Waals surface area contributed by atoms with Crippen molar-refractivity contribution in [2.24, 2.45) is 17.3 Å². The van der Waals surface area contributed by atoms with Crippen molar-refractivity contribution in [3.63, 3.8) is 0 Å². The molecule has 0 bridgehead atoms. The van der Waals surface area contributed by atoms with Gasteiger partial charge in [-0.2, -0.15) is 13.2 Å². The highest BCUT2D eigenvalue weighted by atomic mass is 79.9.